The molecule has 4 rings (SSSR count). The summed E-state index contributed by atoms with van der Waals surface area (Å²) in [4.78, 5) is 35.6. The molecule has 0 bridgehead atoms. The average Bonchev–Trinajstić information content (AvgIpc) is 3.42. The second-order valence-corrected chi connectivity index (χ2v) is 9.18. The van der Waals surface area contributed by atoms with E-state index in [1.165, 1.54) is 16.9 Å². The molecule has 2 fully saturated rings. The Balaban J connectivity index is 1.28. The van der Waals surface area contributed by atoms with E-state index in [9.17, 15) is 9.59 Å². The van der Waals surface area contributed by atoms with Crippen LogP contribution in [0.1, 0.15) is 31.0 Å². The molecule has 166 valence electrons. The number of hydrogen-bond donors (Lipinski definition) is 1. The van der Waals surface area contributed by atoms with Gasteiger partial charge in [0.2, 0.25) is 5.91 Å². The quantitative estimate of drug-likeness (QED) is 0.684. The fourth-order valence-corrected chi connectivity index (χ4v) is 5.20. The smallest absolute Gasteiger partial charge is 0.323 e. The number of nitrogens with zero attached hydrogens (tertiary/aromatic N) is 4. The van der Waals surface area contributed by atoms with E-state index in [1.54, 1.807) is 4.90 Å². The molecule has 7 nitrogen and oxygen atoms in total. The van der Waals surface area contributed by atoms with Crippen LogP contribution in [0.25, 0.3) is 0 Å². The van der Waals surface area contributed by atoms with E-state index in [-0.39, 0.29) is 11.9 Å². The lowest BCUT2D eigenvalue weighted by molar-refractivity contribution is -0.130. The number of carbonyl (C=O) groups excluding carboxylic acids is 2. The van der Waals surface area contributed by atoms with Crippen molar-refractivity contribution in [3.63, 3.8) is 0 Å². The highest BCUT2D eigenvalue weighted by atomic mass is 32.1. The molecule has 31 heavy (non-hydrogen) atoms. The van der Waals surface area contributed by atoms with Gasteiger partial charge in [-0.05, 0) is 37.8 Å². The molecule has 3 heterocycles. The van der Waals surface area contributed by atoms with Crippen molar-refractivity contribution in [2.24, 2.45) is 5.92 Å². The lowest BCUT2D eigenvalue weighted by Crippen LogP contribution is -2.46. The Bertz CT molecular complexity index is 887. The summed E-state index contributed by atoms with van der Waals surface area (Å²) in [6.07, 6.45) is 2.33. The molecule has 0 spiro atoms. The summed E-state index contributed by atoms with van der Waals surface area (Å²) in [6.45, 7) is 8.02. The first-order valence-electron chi connectivity index (χ1n) is 11.2. The van der Waals surface area contributed by atoms with Gasteiger partial charge in [0, 0.05) is 44.6 Å². The molecule has 1 atom stereocenters. The lowest BCUT2D eigenvalue weighted by Gasteiger charge is -2.25. The molecule has 0 radical (unpaired) electrons. The van der Waals surface area contributed by atoms with Crippen molar-refractivity contribution in [2.45, 2.75) is 32.7 Å². The highest BCUT2D eigenvalue weighted by Gasteiger charge is 2.27. The highest BCUT2D eigenvalue weighted by molar-refractivity contribution is 7.14. The number of anilines is 1. The second-order valence-electron chi connectivity index (χ2n) is 8.34. The number of amides is 3. The van der Waals surface area contributed by atoms with Crippen LogP contribution in [0.3, 0.4) is 0 Å². The third kappa shape index (κ3) is 5.62. The van der Waals surface area contributed by atoms with E-state index in [2.05, 4.69) is 39.5 Å². The summed E-state index contributed by atoms with van der Waals surface area (Å²) in [5.41, 5.74) is 2.09. The maximum absolute atomic E-state index is 12.9. The fraction of sp³-hybridized carbons (Fsp3) is 0.522. The first-order chi connectivity index (χ1) is 15.1. The molecule has 1 aromatic heterocycles. The van der Waals surface area contributed by atoms with Gasteiger partial charge in [0.25, 0.3) is 0 Å². The predicted octanol–water partition coefficient (Wildman–Crippen LogP) is 2.98. The molecule has 2 aromatic rings. The summed E-state index contributed by atoms with van der Waals surface area (Å²) >= 11 is 1.43. The lowest BCUT2D eigenvalue weighted by atomic mass is 10.1. The minimum atomic E-state index is -0.102. The zero-order valence-electron chi connectivity index (χ0n) is 18.1. The van der Waals surface area contributed by atoms with Crippen LogP contribution in [0.15, 0.2) is 35.7 Å². The topological polar surface area (TPSA) is 68.8 Å². The number of carbonyl (C=O) groups is 2. The van der Waals surface area contributed by atoms with Crippen LogP contribution >= 0.6 is 11.3 Å². The maximum atomic E-state index is 12.9. The van der Waals surface area contributed by atoms with Crippen LogP contribution in [-0.4, -0.2) is 66.0 Å². The standard InChI is InChI=1S/C23H31N5O2S/c1-2-27(16-19-9-12-26(15-19)14-18-7-4-3-5-8-18)21(29)13-20-17-31-23(25-20)28-11-6-10-24-22(28)30/h3-5,7-8,17,19H,2,6,9-16H2,1H3,(H,24,30)/t19-/m1/s1. The molecule has 3 amide bonds. The van der Waals surface area contributed by atoms with Gasteiger partial charge in [-0.25, -0.2) is 9.78 Å². The Hall–Kier alpha value is -2.45. The molecule has 2 saturated heterocycles. The normalized spacial score (nSPS) is 19.5. The van der Waals surface area contributed by atoms with E-state index >= 15 is 0 Å². The summed E-state index contributed by atoms with van der Waals surface area (Å²) in [7, 11) is 0. The van der Waals surface area contributed by atoms with Crippen LogP contribution in [0.4, 0.5) is 9.93 Å². The Kier molecular flexibility index (Phi) is 7.19. The van der Waals surface area contributed by atoms with Crippen LogP contribution in [0, 0.1) is 5.92 Å². The number of aromatic nitrogens is 1. The molecular formula is C23H31N5O2S. The van der Waals surface area contributed by atoms with Crippen molar-refractivity contribution >= 4 is 28.4 Å². The van der Waals surface area contributed by atoms with Crippen molar-refractivity contribution in [3.05, 3.63) is 47.0 Å². The van der Waals surface area contributed by atoms with Crippen molar-refractivity contribution < 1.29 is 9.59 Å². The van der Waals surface area contributed by atoms with E-state index < -0.39 is 0 Å². The summed E-state index contributed by atoms with van der Waals surface area (Å²) in [6, 6.07) is 10.5. The molecule has 2 aliphatic heterocycles. The second kappa shape index (κ2) is 10.2. The number of benzene rings is 1. The monoisotopic (exact) mass is 441 g/mol. The van der Waals surface area contributed by atoms with E-state index in [0.29, 0.717) is 37.1 Å². The molecule has 0 aliphatic carbocycles. The Morgan fingerprint density at radius 2 is 2.13 bits per heavy atom. The number of likely N-dealkylation sites (N-methyl/N-ethyl adjacent to an activating group) is 1. The van der Waals surface area contributed by atoms with Gasteiger partial charge in [0.15, 0.2) is 5.13 Å². The van der Waals surface area contributed by atoms with Crippen molar-refractivity contribution in [3.8, 4) is 0 Å². The van der Waals surface area contributed by atoms with E-state index in [1.807, 2.05) is 23.3 Å². The van der Waals surface area contributed by atoms with Crippen molar-refractivity contribution in [1.82, 2.24) is 20.1 Å². The first-order valence-corrected chi connectivity index (χ1v) is 12.0. The molecule has 1 aromatic carbocycles. The minimum Gasteiger partial charge on any atom is -0.342 e. The fourth-order valence-electron chi connectivity index (χ4n) is 4.35. The summed E-state index contributed by atoms with van der Waals surface area (Å²) in [5.74, 6) is 0.625. The van der Waals surface area contributed by atoms with Crippen LogP contribution in [0.2, 0.25) is 0 Å². The zero-order valence-corrected chi connectivity index (χ0v) is 18.9. The number of hydrogen-bond acceptors (Lipinski definition) is 5. The van der Waals surface area contributed by atoms with Crippen LogP contribution < -0.4 is 10.2 Å². The van der Waals surface area contributed by atoms with Gasteiger partial charge in [0.05, 0.1) is 12.1 Å². The van der Waals surface area contributed by atoms with Gasteiger partial charge in [0.1, 0.15) is 0 Å². The van der Waals surface area contributed by atoms with E-state index in [4.69, 9.17) is 0 Å². The molecule has 0 saturated carbocycles. The molecule has 0 unspecified atom stereocenters. The highest BCUT2D eigenvalue weighted by Crippen LogP contribution is 2.24. The van der Waals surface area contributed by atoms with Crippen LogP contribution in [0.5, 0.6) is 0 Å². The average molecular weight is 442 g/mol. The van der Waals surface area contributed by atoms with Gasteiger partial charge in [-0.2, -0.15) is 0 Å². The third-order valence-corrected chi connectivity index (χ3v) is 6.93. The number of rotatable bonds is 8. The zero-order chi connectivity index (χ0) is 21.6. The van der Waals surface area contributed by atoms with Gasteiger partial charge < -0.3 is 10.2 Å². The van der Waals surface area contributed by atoms with Gasteiger partial charge in [-0.3, -0.25) is 14.6 Å². The molecule has 2 aliphatic rings. The van der Waals surface area contributed by atoms with Crippen molar-refractivity contribution in [1.29, 1.82) is 0 Å². The number of thiazole rings is 1. The summed E-state index contributed by atoms with van der Waals surface area (Å²) < 4.78 is 0. The predicted molar refractivity (Wildman–Crippen MR) is 123 cm³/mol. The maximum Gasteiger partial charge on any atom is 0.323 e. The SMILES string of the molecule is CCN(C[C@@H]1CCN(Cc2ccccc2)C1)C(=O)Cc1csc(N2CCCNC2=O)n1. The van der Waals surface area contributed by atoms with Crippen molar-refractivity contribution in [2.75, 3.05) is 44.2 Å². The largest absolute Gasteiger partial charge is 0.342 e. The number of nitrogens with one attached hydrogen (secondary N) is 1. The van der Waals surface area contributed by atoms with E-state index in [0.717, 1.165) is 44.7 Å². The Morgan fingerprint density at radius 3 is 2.90 bits per heavy atom. The third-order valence-electron chi connectivity index (χ3n) is 6.01. The molecule has 1 N–H and O–H groups in total. The molecular weight excluding hydrogens is 410 g/mol. The van der Waals surface area contributed by atoms with Gasteiger partial charge in [-0.1, -0.05) is 30.3 Å². The summed E-state index contributed by atoms with van der Waals surface area (Å²) in [5, 5.41) is 5.42. The van der Waals surface area contributed by atoms with Gasteiger partial charge in [-0.15, -0.1) is 11.3 Å². The number of urea groups is 1. The molecule has 8 heteroatoms. The minimum absolute atomic E-state index is 0.102. The Labute approximate surface area is 188 Å². The Morgan fingerprint density at radius 1 is 1.29 bits per heavy atom. The van der Waals surface area contributed by atoms with Gasteiger partial charge >= 0.3 is 6.03 Å². The van der Waals surface area contributed by atoms with Crippen LogP contribution in [-0.2, 0) is 17.8 Å². The number of likely N-dealkylation sites (tertiary alicyclic amines) is 1. The first kappa shape index (κ1) is 21.8.